The maximum Gasteiger partial charge on any atom is 0.273 e. The van der Waals surface area contributed by atoms with E-state index in [1.54, 1.807) is 24.3 Å². The van der Waals surface area contributed by atoms with Gasteiger partial charge in [0.05, 0.1) is 0 Å². The Labute approximate surface area is 158 Å². The summed E-state index contributed by atoms with van der Waals surface area (Å²) in [7, 11) is 0. The van der Waals surface area contributed by atoms with Crippen LogP contribution < -0.4 is 15.8 Å². The Morgan fingerprint density at radius 3 is 2.69 bits per heavy atom. The normalized spacial score (nSPS) is 14.1. The van der Waals surface area contributed by atoms with Crippen LogP contribution in [0.5, 0.6) is 0 Å². The summed E-state index contributed by atoms with van der Waals surface area (Å²) in [5.41, 5.74) is 0.816. The number of hydrogen-bond donors (Lipinski definition) is 1. The van der Waals surface area contributed by atoms with Gasteiger partial charge in [0.1, 0.15) is 17.6 Å². The lowest BCUT2D eigenvalue weighted by molar-refractivity contribution is -0.116. The fourth-order valence-electron chi connectivity index (χ4n) is 2.88. The minimum absolute atomic E-state index is 0.110. The molecule has 1 aliphatic rings. The Morgan fingerprint density at radius 1 is 1.23 bits per heavy atom. The van der Waals surface area contributed by atoms with Crippen LogP contribution in [-0.4, -0.2) is 33.5 Å². The molecule has 1 N–H and O–H groups in total. The molecule has 0 aliphatic carbocycles. The molecule has 1 aliphatic heterocycles. The number of anilines is 2. The van der Waals surface area contributed by atoms with Gasteiger partial charge in [-0.15, -0.1) is 0 Å². The van der Waals surface area contributed by atoms with Crippen molar-refractivity contribution in [3.05, 3.63) is 46.0 Å². The van der Waals surface area contributed by atoms with Crippen molar-refractivity contribution in [3.63, 3.8) is 0 Å². The standard InChI is InChI=1S/C17H16ClN5O2S/c18-11-3-5-12(6-4-11)20-13(24)9-23-10-19-15-14(16(23)25)26-17(21-15)22-7-1-2-8-22/h3-6,10H,1-2,7-9H2,(H,20,24). The summed E-state index contributed by atoms with van der Waals surface area (Å²) in [4.78, 5) is 35.8. The maximum absolute atomic E-state index is 12.7. The monoisotopic (exact) mass is 389 g/mol. The average molecular weight is 390 g/mol. The first-order valence-electron chi connectivity index (χ1n) is 8.26. The molecule has 0 atom stereocenters. The van der Waals surface area contributed by atoms with Crippen LogP contribution in [-0.2, 0) is 11.3 Å². The minimum Gasteiger partial charge on any atom is -0.348 e. The van der Waals surface area contributed by atoms with E-state index < -0.39 is 0 Å². The Hall–Kier alpha value is -2.45. The highest BCUT2D eigenvalue weighted by Crippen LogP contribution is 2.27. The molecule has 26 heavy (non-hydrogen) atoms. The van der Waals surface area contributed by atoms with Crippen LogP contribution in [0, 0.1) is 0 Å². The Morgan fingerprint density at radius 2 is 1.96 bits per heavy atom. The van der Waals surface area contributed by atoms with Gasteiger partial charge in [-0.05, 0) is 37.1 Å². The van der Waals surface area contributed by atoms with Crippen molar-refractivity contribution in [1.29, 1.82) is 0 Å². The van der Waals surface area contributed by atoms with Crippen LogP contribution >= 0.6 is 22.9 Å². The van der Waals surface area contributed by atoms with E-state index >= 15 is 0 Å². The number of benzene rings is 1. The third-order valence-electron chi connectivity index (χ3n) is 4.19. The summed E-state index contributed by atoms with van der Waals surface area (Å²) >= 11 is 7.17. The van der Waals surface area contributed by atoms with E-state index in [1.807, 2.05) is 0 Å². The third kappa shape index (κ3) is 3.42. The second-order valence-electron chi connectivity index (χ2n) is 6.08. The minimum atomic E-state index is -0.306. The second-order valence-corrected chi connectivity index (χ2v) is 7.49. The third-order valence-corrected chi connectivity index (χ3v) is 5.54. The number of fused-ring (bicyclic) bond motifs is 1. The van der Waals surface area contributed by atoms with Crippen molar-refractivity contribution >= 4 is 50.0 Å². The highest BCUT2D eigenvalue weighted by atomic mass is 35.5. The zero-order chi connectivity index (χ0) is 18.1. The number of carbonyl (C=O) groups excluding carboxylic acids is 1. The molecule has 7 nitrogen and oxygen atoms in total. The van der Waals surface area contributed by atoms with Crippen molar-refractivity contribution in [2.24, 2.45) is 0 Å². The number of aromatic nitrogens is 3. The highest BCUT2D eigenvalue weighted by molar-refractivity contribution is 7.22. The molecule has 0 saturated carbocycles. The summed E-state index contributed by atoms with van der Waals surface area (Å²) in [6.45, 7) is 1.80. The summed E-state index contributed by atoms with van der Waals surface area (Å²) in [6.07, 6.45) is 3.65. The Kier molecular flexibility index (Phi) is 4.60. The number of rotatable bonds is 4. The number of nitrogens with one attached hydrogen (secondary N) is 1. The Bertz CT molecular complexity index is 1010. The van der Waals surface area contributed by atoms with Crippen LogP contribution in [0.3, 0.4) is 0 Å². The molecule has 1 saturated heterocycles. The number of carbonyl (C=O) groups is 1. The number of hydrogen-bond acceptors (Lipinski definition) is 6. The molecule has 1 aromatic carbocycles. The van der Waals surface area contributed by atoms with E-state index in [0.717, 1.165) is 31.1 Å². The van der Waals surface area contributed by atoms with Crippen molar-refractivity contribution in [2.75, 3.05) is 23.3 Å². The van der Waals surface area contributed by atoms with Gasteiger partial charge in [-0.25, -0.2) is 4.98 Å². The van der Waals surface area contributed by atoms with E-state index in [0.29, 0.717) is 21.1 Å². The Balaban J connectivity index is 1.54. The molecule has 2 aromatic heterocycles. The predicted octanol–water partition coefficient (Wildman–Crippen LogP) is 2.75. The lowest BCUT2D eigenvalue weighted by Gasteiger charge is -2.11. The molecule has 1 amide bonds. The average Bonchev–Trinajstić information content (AvgIpc) is 3.29. The lowest BCUT2D eigenvalue weighted by atomic mass is 10.3. The molecule has 9 heteroatoms. The molecule has 3 aromatic rings. The first kappa shape index (κ1) is 17.0. The fraction of sp³-hybridized carbons (Fsp3) is 0.294. The first-order valence-corrected chi connectivity index (χ1v) is 9.46. The molecule has 4 rings (SSSR count). The molecule has 0 spiro atoms. The molecule has 3 heterocycles. The molecular weight excluding hydrogens is 374 g/mol. The summed E-state index contributed by atoms with van der Waals surface area (Å²) in [6, 6.07) is 6.79. The van der Waals surface area contributed by atoms with Crippen LogP contribution in [0.4, 0.5) is 10.8 Å². The highest BCUT2D eigenvalue weighted by Gasteiger charge is 2.19. The summed E-state index contributed by atoms with van der Waals surface area (Å²) in [5.74, 6) is -0.306. The van der Waals surface area contributed by atoms with Gasteiger partial charge in [0.2, 0.25) is 5.91 Å². The molecule has 134 valence electrons. The number of nitrogens with zero attached hydrogens (tertiary/aromatic N) is 4. The van der Waals surface area contributed by atoms with E-state index in [2.05, 4.69) is 20.2 Å². The van der Waals surface area contributed by atoms with E-state index in [1.165, 1.54) is 22.2 Å². The van der Waals surface area contributed by atoms with Gasteiger partial charge < -0.3 is 10.2 Å². The van der Waals surface area contributed by atoms with Crippen molar-refractivity contribution < 1.29 is 4.79 Å². The predicted molar refractivity (Wildman–Crippen MR) is 103 cm³/mol. The van der Waals surface area contributed by atoms with Crippen LogP contribution in [0.15, 0.2) is 35.4 Å². The molecular formula is C17H16ClN5O2S. The van der Waals surface area contributed by atoms with E-state index in [9.17, 15) is 9.59 Å². The van der Waals surface area contributed by atoms with E-state index in [-0.39, 0.29) is 18.0 Å². The zero-order valence-corrected chi connectivity index (χ0v) is 15.4. The first-order chi connectivity index (χ1) is 12.6. The zero-order valence-electron chi connectivity index (χ0n) is 13.8. The SMILES string of the molecule is O=C(Cn1cnc2nc(N3CCCC3)sc2c1=O)Nc1ccc(Cl)cc1. The summed E-state index contributed by atoms with van der Waals surface area (Å²) in [5, 5.41) is 4.15. The van der Waals surface area contributed by atoms with Crippen LogP contribution in [0.2, 0.25) is 5.02 Å². The topological polar surface area (TPSA) is 80.1 Å². The quantitative estimate of drug-likeness (QED) is 0.742. The number of thiazole rings is 1. The van der Waals surface area contributed by atoms with Gasteiger partial charge in [0.15, 0.2) is 10.8 Å². The van der Waals surface area contributed by atoms with Gasteiger partial charge in [0, 0.05) is 23.8 Å². The van der Waals surface area contributed by atoms with Gasteiger partial charge in [-0.3, -0.25) is 14.2 Å². The fourth-order valence-corrected chi connectivity index (χ4v) is 4.03. The molecule has 0 radical (unpaired) electrons. The van der Waals surface area contributed by atoms with Crippen molar-refractivity contribution in [2.45, 2.75) is 19.4 Å². The van der Waals surface area contributed by atoms with Gasteiger partial charge in [-0.2, -0.15) is 4.98 Å². The molecule has 0 bridgehead atoms. The van der Waals surface area contributed by atoms with Gasteiger partial charge in [0.25, 0.3) is 5.56 Å². The number of halogens is 1. The summed E-state index contributed by atoms with van der Waals surface area (Å²) < 4.78 is 1.79. The second kappa shape index (κ2) is 7.05. The van der Waals surface area contributed by atoms with Crippen molar-refractivity contribution in [1.82, 2.24) is 14.5 Å². The maximum atomic E-state index is 12.7. The van der Waals surface area contributed by atoms with Gasteiger partial charge >= 0.3 is 0 Å². The molecule has 1 fully saturated rings. The van der Waals surface area contributed by atoms with E-state index in [4.69, 9.17) is 11.6 Å². The van der Waals surface area contributed by atoms with Crippen LogP contribution in [0.25, 0.3) is 10.3 Å². The van der Waals surface area contributed by atoms with Gasteiger partial charge in [-0.1, -0.05) is 22.9 Å². The lowest BCUT2D eigenvalue weighted by Crippen LogP contribution is -2.27. The van der Waals surface area contributed by atoms with Crippen molar-refractivity contribution in [3.8, 4) is 0 Å². The smallest absolute Gasteiger partial charge is 0.273 e. The largest absolute Gasteiger partial charge is 0.348 e. The van der Waals surface area contributed by atoms with Crippen LogP contribution in [0.1, 0.15) is 12.8 Å². The number of amides is 1. The molecule has 0 unspecified atom stereocenters.